The third-order valence-electron chi connectivity index (χ3n) is 2.65. The maximum atomic E-state index is 11.5. The van der Waals surface area contributed by atoms with Gasteiger partial charge >= 0.3 is 23.9 Å². The van der Waals surface area contributed by atoms with E-state index in [1.807, 2.05) is 30.3 Å². The van der Waals surface area contributed by atoms with Crippen LogP contribution in [0.5, 0.6) is 0 Å². The molecule has 0 aliphatic carbocycles. The van der Waals surface area contributed by atoms with Crippen molar-refractivity contribution in [3.8, 4) is 0 Å². The lowest BCUT2D eigenvalue weighted by atomic mass is 10.2. The van der Waals surface area contributed by atoms with E-state index in [9.17, 15) is 44.3 Å². The first-order valence-electron chi connectivity index (χ1n) is 6.57. The molecule has 4 nitrogen and oxygen atoms in total. The Bertz CT molecular complexity index is 666. The van der Waals surface area contributed by atoms with Gasteiger partial charge < -0.3 is 0 Å². The van der Waals surface area contributed by atoms with Crippen molar-refractivity contribution in [1.82, 2.24) is 0 Å². The molecule has 0 N–H and O–H groups in total. The Labute approximate surface area is 139 Å². The highest BCUT2D eigenvalue weighted by Gasteiger charge is 2.54. The van der Waals surface area contributed by atoms with Crippen molar-refractivity contribution in [2.75, 3.05) is 0 Å². The van der Waals surface area contributed by atoms with Crippen LogP contribution in [-0.4, -0.2) is 37.6 Å². The number of hydrogen-bond donors (Lipinski definition) is 0. The van der Waals surface area contributed by atoms with Crippen LogP contribution in [0.2, 0.25) is 0 Å². The molecule has 0 bridgehead atoms. The zero-order chi connectivity index (χ0) is 20.1. The third kappa shape index (κ3) is 8.14. The predicted octanol–water partition coefficient (Wildman–Crippen LogP) is 3.26. The summed E-state index contributed by atoms with van der Waals surface area (Å²) in [5, 5.41) is -0.298. The minimum atomic E-state index is -5.77. The van der Waals surface area contributed by atoms with Crippen LogP contribution in [-0.2, 0) is 25.2 Å². The normalized spacial score (nSPS) is 12.4. The van der Waals surface area contributed by atoms with E-state index in [-0.39, 0.29) is 11.0 Å². The van der Waals surface area contributed by atoms with Crippen molar-refractivity contribution in [3.63, 3.8) is 0 Å². The fourth-order valence-corrected chi connectivity index (χ4v) is 2.22. The number of carbonyl (C=O) groups is 2. The zero-order valence-corrected chi connectivity index (χ0v) is 13.8. The average Bonchev–Trinajstić information content (AvgIpc) is 2.45. The highest BCUT2D eigenvalue weighted by Crippen LogP contribution is 2.24. The molecule has 0 amide bonds. The highest BCUT2D eigenvalue weighted by molar-refractivity contribution is 7.91. The van der Waals surface area contributed by atoms with E-state index in [0.29, 0.717) is 0 Å². The first-order chi connectivity index (χ1) is 11.1. The fourth-order valence-electron chi connectivity index (χ4n) is 1.23. The predicted molar refractivity (Wildman–Crippen MR) is 76.3 cm³/mol. The van der Waals surface area contributed by atoms with Gasteiger partial charge in [-0.1, -0.05) is 30.3 Å². The molecule has 0 atom stereocenters. The summed E-state index contributed by atoms with van der Waals surface area (Å²) in [6.07, 6.45) is -11.5. The van der Waals surface area contributed by atoms with Gasteiger partial charge in [0.1, 0.15) is 0 Å². The summed E-state index contributed by atoms with van der Waals surface area (Å²) in [5.41, 5.74) is 0.858. The number of rotatable bonds is 4. The Morgan fingerprint density at radius 2 is 1.24 bits per heavy atom. The van der Waals surface area contributed by atoms with Crippen LogP contribution in [0, 0.1) is 0 Å². The molecule has 1 aromatic rings. The van der Waals surface area contributed by atoms with E-state index < -0.39 is 33.8 Å². The van der Waals surface area contributed by atoms with Crippen molar-refractivity contribution >= 4 is 21.4 Å². The van der Waals surface area contributed by atoms with Gasteiger partial charge in [0.05, 0.1) is 11.0 Å². The number of alkyl halides is 6. The molecule has 0 aliphatic rings. The van der Waals surface area contributed by atoms with Crippen LogP contribution in [0.4, 0.5) is 26.3 Å². The van der Waals surface area contributed by atoms with Crippen LogP contribution in [0.15, 0.2) is 30.3 Å². The quantitative estimate of drug-likeness (QED) is 0.583. The van der Waals surface area contributed by atoms with Gasteiger partial charge in [-0.3, -0.25) is 9.59 Å². The van der Waals surface area contributed by atoms with Gasteiger partial charge in [0.15, 0.2) is 9.84 Å². The van der Waals surface area contributed by atoms with Gasteiger partial charge in [-0.25, -0.2) is 8.42 Å². The van der Waals surface area contributed by atoms with Gasteiger partial charge in [0.2, 0.25) is 0 Å². The standard InChI is InChI=1S/C10H14O2S.C4F6O2/c1-9(2)13(11,12)8-10-6-4-3-5-7-10;5-3(6,7)1(11)2(12)4(8,9)10/h3-7,9H,8H2,1-2H3;. The number of hydrogen-bond acceptors (Lipinski definition) is 4. The van der Waals surface area contributed by atoms with Crippen LogP contribution < -0.4 is 0 Å². The molecule has 0 fully saturated rings. The maximum absolute atomic E-state index is 11.5. The topological polar surface area (TPSA) is 68.3 Å². The second-order valence-corrected chi connectivity index (χ2v) is 7.55. The van der Waals surface area contributed by atoms with E-state index in [1.54, 1.807) is 13.8 Å². The van der Waals surface area contributed by atoms with Crippen LogP contribution in [0.1, 0.15) is 19.4 Å². The lowest BCUT2D eigenvalue weighted by molar-refractivity contribution is -0.193. The summed E-state index contributed by atoms with van der Waals surface area (Å²) in [5.74, 6) is -6.67. The molecular weight excluding hydrogens is 378 g/mol. The van der Waals surface area contributed by atoms with Gasteiger partial charge in [-0.2, -0.15) is 26.3 Å². The molecule has 142 valence electrons. The smallest absolute Gasteiger partial charge is 0.280 e. The number of carbonyl (C=O) groups excluding carboxylic acids is 2. The summed E-state index contributed by atoms with van der Waals surface area (Å²) in [6, 6.07) is 9.25. The summed E-state index contributed by atoms with van der Waals surface area (Å²) in [7, 11) is -2.95. The molecule has 0 aliphatic heterocycles. The fraction of sp³-hybridized carbons (Fsp3) is 0.429. The van der Waals surface area contributed by atoms with Crippen molar-refractivity contribution in [1.29, 1.82) is 0 Å². The van der Waals surface area contributed by atoms with Gasteiger partial charge in [-0.05, 0) is 19.4 Å². The molecule has 1 aromatic carbocycles. The highest BCUT2D eigenvalue weighted by atomic mass is 32.2. The Morgan fingerprint density at radius 3 is 1.52 bits per heavy atom. The Kier molecular flexibility index (Phi) is 7.81. The zero-order valence-electron chi connectivity index (χ0n) is 13.0. The maximum Gasteiger partial charge on any atom is 0.458 e. The largest absolute Gasteiger partial charge is 0.458 e. The summed E-state index contributed by atoms with van der Waals surface area (Å²) >= 11 is 0. The number of ketones is 2. The van der Waals surface area contributed by atoms with E-state index >= 15 is 0 Å². The average molecular weight is 392 g/mol. The lowest BCUT2D eigenvalue weighted by Crippen LogP contribution is -2.39. The van der Waals surface area contributed by atoms with Crippen LogP contribution in [0.25, 0.3) is 0 Å². The van der Waals surface area contributed by atoms with E-state index in [2.05, 4.69) is 0 Å². The molecule has 0 aromatic heterocycles. The Morgan fingerprint density at radius 1 is 0.880 bits per heavy atom. The third-order valence-corrected chi connectivity index (χ3v) is 4.82. The summed E-state index contributed by atoms with van der Waals surface area (Å²) < 4.78 is 90.0. The Hall–Kier alpha value is -1.91. The SMILES string of the molecule is CC(C)S(=O)(=O)Cc1ccccc1.O=C(C(=O)C(F)(F)F)C(F)(F)F. The number of halogens is 6. The molecule has 0 heterocycles. The van der Waals surface area contributed by atoms with Crippen molar-refractivity contribution < 1.29 is 44.3 Å². The van der Waals surface area contributed by atoms with Crippen molar-refractivity contribution in [2.24, 2.45) is 0 Å². The monoisotopic (exact) mass is 392 g/mol. The molecule has 0 radical (unpaired) electrons. The molecule has 0 saturated heterocycles. The second-order valence-electron chi connectivity index (χ2n) is 5.00. The summed E-state index contributed by atoms with van der Waals surface area (Å²) in [4.78, 5) is 19.2. The molecule has 1 rings (SSSR count). The first-order valence-corrected chi connectivity index (χ1v) is 8.28. The van der Waals surface area contributed by atoms with E-state index in [0.717, 1.165) is 5.56 Å². The number of sulfone groups is 1. The molecule has 0 saturated carbocycles. The number of benzene rings is 1. The number of Topliss-reactive ketones (excluding diaryl/α,β-unsaturated/α-hetero) is 2. The second kappa shape index (κ2) is 8.45. The summed E-state index contributed by atoms with van der Waals surface area (Å²) in [6.45, 7) is 3.41. The van der Waals surface area contributed by atoms with Crippen LogP contribution >= 0.6 is 0 Å². The van der Waals surface area contributed by atoms with Gasteiger partial charge in [0, 0.05) is 0 Å². The lowest BCUT2D eigenvalue weighted by Gasteiger charge is -2.06. The van der Waals surface area contributed by atoms with E-state index in [1.165, 1.54) is 0 Å². The first kappa shape index (κ1) is 23.1. The minimum absolute atomic E-state index is 0.144. The molecule has 25 heavy (non-hydrogen) atoms. The van der Waals surface area contributed by atoms with Gasteiger partial charge in [0.25, 0.3) is 0 Å². The minimum Gasteiger partial charge on any atom is -0.280 e. The molecule has 0 spiro atoms. The Balaban J connectivity index is 0.000000463. The molecule has 11 heteroatoms. The van der Waals surface area contributed by atoms with Gasteiger partial charge in [-0.15, -0.1) is 0 Å². The molecular formula is C14H14F6O4S. The van der Waals surface area contributed by atoms with E-state index in [4.69, 9.17) is 0 Å². The van der Waals surface area contributed by atoms with Crippen LogP contribution in [0.3, 0.4) is 0 Å². The van der Waals surface area contributed by atoms with Crippen molar-refractivity contribution in [3.05, 3.63) is 35.9 Å². The molecule has 0 unspecified atom stereocenters. The van der Waals surface area contributed by atoms with Crippen molar-refractivity contribution in [2.45, 2.75) is 37.2 Å².